The maximum atomic E-state index is 13.0. The van der Waals surface area contributed by atoms with Gasteiger partial charge in [0.1, 0.15) is 5.56 Å². The quantitative estimate of drug-likeness (QED) is 0.264. The van der Waals surface area contributed by atoms with Crippen LogP contribution in [0.2, 0.25) is 0 Å². The van der Waals surface area contributed by atoms with Crippen LogP contribution >= 0.6 is 0 Å². The minimum absolute atomic E-state index is 0.132. The van der Waals surface area contributed by atoms with Gasteiger partial charge in [-0.25, -0.2) is 4.79 Å². The number of fused-ring (bicyclic) bond motifs is 1. The lowest BCUT2D eigenvalue weighted by Gasteiger charge is -2.16. The van der Waals surface area contributed by atoms with E-state index < -0.39 is 11.4 Å². The predicted octanol–water partition coefficient (Wildman–Crippen LogP) is 5.76. The summed E-state index contributed by atoms with van der Waals surface area (Å²) < 4.78 is 18.0. The minimum Gasteiger partial charge on any atom is -0.490 e. The number of rotatable bonds is 14. The first kappa shape index (κ1) is 26.4. The molecule has 182 valence electrons. The van der Waals surface area contributed by atoms with Crippen molar-refractivity contribution in [3.05, 3.63) is 34.1 Å². The molecule has 0 saturated heterocycles. The van der Waals surface area contributed by atoms with Crippen molar-refractivity contribution in [2.24, 2.45) is 0 Å². The Labute approximate surface area is 196 Å². The molecule has 0 spiro atoms. The van der Waals surface area contributed by atoms with Gasteiger partial charge in [0, 0.05) is 19.2 Å². The van der Waals surface area contributed by atoms with E-state index >= 15 is 0 Å². The first-order chi connectivity index (χ1) is 15.9. The van der Waals surface area contributed by atoms with E-state index in [1.54, 1.807) is 19.1 Å². The van der Waals surface area contributed by atoms with Gasteiger partial charge in [0.25, 0.3) is 0 Å². The fraction of sp³-hybridized carbons (Fsp3) is 0.577. The van der Waals surface area contributed by atoms with Crippen LogP contribution in [0.3, 0.4) is 0 Å². The second-order valence-electron chi connectivity index (χ2n) is 8.05. The zero-order valence-electron chi connectivity index (χ0n) is 20.4. The molecule has 0 aliphatic rings. The number of aromatic nitrogens is 1. The van der Waals surface area contributed by atoms with Crippen LogP contribution in [0, 0.1) is 0 Å². The summed E-state index contributed by atoms with van der Waals surface area (Å²) in [5.74, 6) is -0.196. The Hall–Kier alpha value is -2.83. The van der Waals surface area contributed by atoms with Crippen molar-refractivity contribution in [2.75, 3.05) is 19.8 Å². The number of esters is 1. The Morgan fingerprint density at radius 1 is 0.848 bits per heavy atom. The smallest absolute Gasteiger partial charge is 0.343 e. The largest absolute Gasteiger partial charge is 0.490 e. The molecule has 0 amide bonds. The Morgan fingerprint density at radius 2 is 1.48 bits per heavy atom. The third kappa shape index (κ3) is 7.34. The number of carbonyl (C=O) groups excluding carboxylic acids is 2. The van der Waals surface area contributed by atoms with Crippen LogP contribution in [-0.4, -0.2) is 36.3 Å². The Bertz CT molecular complexity index is 994. The lowest BCUT2D eigenvalue weighted by Crippen LogP contribution is -2.23. The summed E-state index contributed by atoms with van der Waals surface area (Å²) in [6.07, 6.45) is 10.8. The Morgan fingerprint density at radius 3 is 2.09 bits per heavy atom. The van der Waals surface area contributed by atoms with E-state index in [9.17, 15) is 14.4 Å². The highest BCUT2D eigenvalue weighted by Crippen LogP contribution is 2.32. The first-order valence-corrected chi connectivity index (χ1v) is 12.1. The summed E-state index contributed by atoms with van der Waals surface area (Å²) in [7, 11) is 0. The number of ether oxygens (including phenoxy) is 3. The molecule has 2 rings (SSSR count). The molecule has 0 unspecified atom stereocenters. The van der Waals surface area contributed by atoms with E-state index in [2.05, 4.69) is 6.92 Å². The van der Waals surface area contributed by atoms with Gasteiger partial charge in [-0.1, -0.05) is 51.9 Å². The summed E-state index contributed by atoms with van der Waals surface area (Å²) in [5, 5.41) is 0.213. The van der Waals surface area contributed by atoms with Gasteiger partial charge >= 0.3 is 5.97 Å². The lowest BCUT2D eigenvalue weighted by molar-refractivity contribution is 0.0524. The highest BCUT2D eigenvalue weighted by atomic mass is 16.5. The molecule has 0 radical (unpaired) electrons. The van der Waals surface area contributed by atoms with Crippen LogP contribution < -0.4 is 14.9 Å². The maximum Gasteiger partial charge on any atom is 0.343 e. The van der Waals surface area contributed by atoms with Crippen molar-refractivity contribution in [1.82, 2.24) is 4.57 Å². The number of carbonyl (C=O) groups is 2. The first-order valence-electron chi connectivity index (χ1n) is 12.1. The van der Waals surface area contributed by atoms with Gasteiger partial charge in [-0.2, -0.15) is 0 Å². The minimum atomic E-state index is -0.755. The third-order valence-corrected chi connectivity index (χ3v) is 5.46. The number of hydrogen-bond donors (Lipinski definition) is 0. The molecule has 1 aromatic heterocycles. The van der Waals surface area contributed by atoms with Crippen molar-refractivity contribution < 1.29 is 23.8 Å². The van der Waals surface area contributed by atoms with Crippen molar-refractivity contribution in [3.8, 4) is 11.5 Å². The van der Waals surface area contributed by atoms with E-state index in [-0.39, 0.29) is 23.5 Å². The van der Waals surface area contributed by atoms with E-state index in [1.165, 1.54) is 56.2 Å². The van der Waals surface area contributed by atoms with E-state index in [0.717, 1.165) is 12.8 Å². The molecule has 0 saturated carbocycles. The van der Waals surface area contributed by atoms with Crippen molar-refractivity contribution in [3.63, 3.8) is 0 Å². The molecule has 2 aromatic rings. The topological polar surface area (TPSA) is 83.8 Å². The average molecular weight is 460 g/mol. The summed E-state index contributed by atoms with van der Waals surface area (Å²) in [4.78, 5) is 37.6. The third-order valence-electron chi connectivity index (χ3n) is 5.46. The van der Waals surface area contributed by atoms with Crippen LogP contribution in [0.5, 0.6) is 11.5 Å². The van der Waals surface area contributed by atoms with Gasteiger partial charge in [0.2, 0.25) is 11.3 Å². The highest BCUT2D eigenvalue weighted by molar-refractivity contribution is 5.98. The lowest BCUT2D eigenvalue weighted by atomic mass is 10.1. The zero-order valence-corrected chi connectivity index (χ0v) is 20.4. The number of unbranched alkanes of at least 4 members (excludes halogenated alkanes) is 7. The fourth-order valence-corrected chi connectivity index (χ4v) is 3.75. The average Bonchev–Trinajstić information content (AvgIpc) is 2.78. The van der Waals surface area contributed by atoms with Crippen molar-refractivity contribution in [1.29, 1.82) is 0 Å². The Balaban J connectivity index is 2.25. The van der Waals surface area contributed by atoms with E-state index in [0.29, 0.717) is 30.2 Å². The van der Waals surface area contributed by atoms with Gasteiger partial charge in [-0.3, -0.25) is 14.2 Å². The summed E-state index contributed by atoms with van der Waals surface area (Å²) in [6.45, 7) is 8.14. The molecule has 0 atom stereocenters. The molecular weight excluding hydrogens is 422 g/mol. The van der Waals surface area contributed by atoms with Gasteiger partial charge < -0.3 is 14.2 Å². The summed E-state index contributed by atoms with van der Waals surface area (Å²) in [5.41, 5.74) is -0.318. The second-order valence-corrected chi connectivity index (χ2v) is 8.05. The van der Waals surface area contributed by atoms with Gasteiger partial charge in [0.05, 0.1) is 30.7 Å². The van der Waals surface area contributed by atoms with Crippen LogP contribution in [0.15, 0.2) is 23.1 Å². The SMILES string of the molecule is CCCCCCCCCCOc1cc2c(=O)c(C(=O)OCC)cn(C(C)=O)c2cc1OCC. The molecule has 0 fully saturated rings. The summed E-state index contributed by atoms with van der Waals surface area (Å²) in [6, 6.07) is 3.19. The maximum absolute atomic E-state index is 13.0. The van der Waals surface area contributed by atoms with Crippen LogP contribution in [-0.2, 0) is 4.74 Å². The van der Waals surface area contributed by atoms with Crippen molar-refractivity contribution >= 4 is 22.8 Å². The fourth-order valence-electron chi connectivity index (χ4n) is 3.75. The molecule has 1 aromatic carbocycles. The molecule has 0 bridgehead atoms. The molecule has 1 heterocycles. The molecule has 0 N–H and O–H groups in total. The number of pyridine rings is 1. The number of nitrogens with zero attached hydrogens (tertiary/aromatic N) is 1. The highest BCUT2D eigenvalue weighted by Gasteiger charge is 2.20. The zero-order chi connectivity index (χ0) is 24.2. The number of hydrogen-bond acceptors (Lipinski definition) is 6. The van der Waals surface area contributed by atoms with Crippen LogP contribution in [0.1, 0.15) is 94.2 Å². The second kappa shape index (κ2) is 13.7. The molecule has 7 nitrogen and oxygen atoms in total. The molecule has 33 heavy (non-hydrogen) atoms. The molecular formula is C26H37NO6. The van der Waals surface area contributed by atoms with Gasteiger partial charge in [0.15, 0.2) is 11.5 Å². The Kier molecular flexibility index (Phi) is 10.9. The standard InChI is InChI=1S/C26H37NO6/c1-5-8-9-10-11-12-13-14-15-33-23-16-20-22(17-24(23)31-6-2)27(19(4)28)18-21(25(20)29)26(30)32-7-3/h16-18H,5-15H2,1-4H3. The van der Waals surface area contributed by atoms with Gasteiger partial charge in [-0.15, -0.1) is 0 Å². The molecule has 7 heteroatoms. The van der Waals surface area contributed by atoms with Crippen LogP contribution in [0.4, 0.5) is 0 Å². The molecule has 0 aliphatic heterocycles. The monoisotopic (exact) mass is 459 g/mol. The van der Waals surface area contributed by atoms with E-state index in [1.807, 2.05) is 6.92 Å². The van der Waals surface area contributed by atoms with Gasteiger partial charge in [-0.05, 0) is 26.3 Å². The summed E-state index contributed by atoms with van der Waals surface area (Å²) >= 11 is 0. The van der Waals surface area contributed by atoms with Crippen molar-refractivity contribution in [2.45, 2.75) is 79.1 Å². The number of benzene rings is 1. The van der Waals surface area contributed by atoms with Crippen LogP contribution in [0.25, 0.3) is 10.9 Å². The molecule has 0 aliphatic carbocycles. The normalized spacial score (nSPS) is 10.9. The predicted molar refractivity (Wildman–Crippen MR) is 130 cm³/mol. The van der Waals surface area contributed by atoms with E-state index in [4.69, 9.17) is 14.2 Å².